The Labute approximate surface area is 624 Å². The summed E-state index contributed by atoms with van der Waals surface area (Å²) in [5.74, 6) is -1.64. The van der Waals surface area contributed by atoms with Crippen molar-refractivity contribution in [2.45, 2.75) is 309 Å². The molecule has 0 saturated carbocycles. The van der Waals surface area contributed by atoms with Crippen molar-refractivity contribution in [2.75, 3.05) is 39.6 Å². The maximum absolute atomic E-state index is 13.0. The molecule has 0 aliphatic rings. The molecule has 0 aromatic heterocycles. The molecule has 0 aliphatic heterocycles. The second-order valence-electron chi connectivity index (χ2n) is 25.8. The van der Waals surface area contributed by atoms with Crippen molar-refractivity contribution >= 4 is 33.6 Å². The molecule has 0 amide bonds. The third kappa shape index (κ3) is 77.8. The van der Waals surface area contributed by atoms with Gasteiger partial charge in [0, 0.05) is 19.3 Å². The van der Waals surface area contributed by atoms with Crippen LogP contribution in [0.25, 0.3) is 0 Å². The lowest BCUT2D eigenvalue weighted by Crippen LogP contribution is -2.30. The van der Waals surface area contributed by atoms with E-state index in [0.29, 0.717) is 19.3 Å². The molecule has 16 nitrogen and oxygen atoms in total. The van der Waals surface area contributed by atoms with Crippen LogP contribution in [0.3, 0.4) is 0 Å². The number of phosphoric acid groups is 2. The number of phosphoric ester groups is 2. The number of allylic oxidation sites excluding steroid dienone is 28. The minimum absolute atomic E-state index is 0.0740. The molecule has 103 heavy (non-hydrogen) atoms. The third-order valence-electron chi connectivity index (χ3n) is 15.9. The average Bonchev–Trinajstić information content (AvgIpc) is 0.922. The maximum atomic E-state index is 13.0. The summed E-state index contributed by atoms with van der Waals surface area (Å²) in [5.41, 5.74) is 0. The van der Waals surface area contributed by atoms with Crippen LogP contribution in [0.1, 0.15) is 290 Å². The molecule has 0 bridgehead atoms. The zero-order valence-corrected chi connectivity index (χ0v) is 65.7. The largest absolute Gasteiger partial charge is 0.472 e. The highest BCUT2D eigenvalue weighted by atomic mass is 31.2. The Bertz CT molecular complexity index is 2550. The first-order valence-electron chi connectivity index (χ1n) is 39.4. The van der Waals surface area contributed by atoms with Crippen LogP contribution in [0.15, 0.2) is 170 Å². The highest BCUT2D eigenvalue weighted by Gasteiger charge is 2.29. The third-order valence-corrected chi connectivity index (χ3v) is 17.8. The summed E-state index contributed by atoms with van der Waals surface area (Å²) in [5, 5.41) is 20.6. The van der Waals surface area contributed by atoms with Gasteiger partial charge in [-0.25, -0.2) is 9.13 Å². The fraction of sp³-hybridized carbons (Fsp3) is 0.635. The van der Waals surface area contributed by atoms with Crippen molar-refractivity contribution in [3.8, 4) is 0 Å². The second-order valence-corrected chi connectivity index (χ2v) is 28.7. The lowest BCUT2D eigenvalue weighted by atomic mass is 10.1. The van der Waals surface area contributed by atoms with Gasteiger partial charge in [0.25, 0.3) is 0 Å². The van der Waals surface area contributed by atoms with Gasteiger partial charge < -0.3 is 34.2 Å². The van der Waals surface area contributed by atoms with Gasteiger partial charge in [-0.05, 0) is 161 Å². The highest BCUT2D eigenvalue weighted by Crippen LogP contribution is 2.45. The molecular formula is C85H140O16P2. The minimum Gasteiger partial charge on any atom is -0.463 e. The number of aliphatic hydroxyl groups excluding tert-OH is 2. The van der Waals surface area contributed by atoms with Crippen molar-refractivity contribution < 1.29 is 75.8 Å². The monoisotopic (exact) mass is 1480 g/mol. The smallest absolute Gasteiger partial charge is 0.463 e. The van der Waals surface area contributed by atoms with Crippen LogP contribution in [0, 0.1) is 0 Å². The van der Waals surface area contributed by atoms with Gasteiger partial charge in [-0.15, -0.1) is 0 Å². The molecule has 5 unspecified atom stereocenters. The first kappa shape index (κ1) is 97.9. The van der Waals surface area contributed by atoms with Crippen molar-refractivity contribution in [3.05, 3.63) is 170 Å². The van der Waals surface area contributed by atoms with E-state index in [9.17, 15) is 43.5 Å². The number of aliphatic hydroxyl groups is 2. The Morgan fingerprint density at radius 3 is 0.816 bits per heavy atom. The molecule has 0 fully saturated rings. The predicted octanol–water partition coefficient (Wildman–Crippen LogP) is 23.2. The van der Waals surface area contributed by atoms with Gasteiger partial charge in [-0.3, -0.25) is 32.5 Å². The first-order valence-corrected chi connectivity index (χ1v) is 42.4. The highest BCUT2D eigenvalue weighted by molar-refractivity contribution is 7.47. The molecule has 586 valence electrons. The molecule has 5 atom stereocenters. The lowest BCUT2D eigenvalue weighted by molar-refractivity contribution is -0.161. The second kappa shape index (κ2) is 76.6. The molecule has 18 heteroatoms. The van der Waals surface area contributed by atoms with Crippen LogP contribution in [-0.2, 0) is 55.8 Å². The number of ether oxygens (including phenoxy) is 3. The zero-order valence-electron chi connectivity index (χ0n) is 63.9. The Kier molecular flexibility index (Phi) is 72.8. The van der Waals surface area contributed by atoms with Crippen LogP contribution in [-0.4, -0.2) is 95.9 Å². The number of hydrogen-bond donors (Lipinski definition) is 4. The minimum atomic E-state index is -4.95. The van der Waals surface area contributed by atoms with E-state index in [-0.39, 0.29) is 19.3 Å². The standard InChI is InChI=1S/C85H140O16P2/c1-4-7-10-13-16-19-22-25-28-31-34-37-39-42-44-47-50-53-56-59-62-65-68-71-83(88)95-74-80(86)75-97-102(91,92)98-76-81(87)77-99-103(93,94)100-79-82(101-85(90)73-70-67-64-61-58-55-52-49-46-41-36-33-30-27-24-21-18-15-12-9-6-3)78-96-84(89)72-69-66-63-60-57-54-51-48-45-43-40-38-35-32-29-26-23-20-17-14-11-8-5-2/h7,10,16-21,25-30,34-38,41-45,49-50,52-53,80-82,86-87H,4-6,8-9,11-15,22-24,31-33,39-40,46-48,51,54-79H2,1-3H3,(H,91,92)(H,93,94)/b10-7-,19-16-,20-17-,21-18-,28-25-,29-26-,30-27-,37-34-,38-35-,41-36-,44-42-,45-43-,52-49-,53-50-. The summed E-state index contributed by atoms with van der Waals surface area (Å²) < 4.78 is 61.2. The Balaban J connectivity index is 4.78. The fourth-order valence-corrected chi connectivity index (χ4v) is 11.5. The van der Waals surface area contributed by atoms with Crippen molar-refractivity contribution in [3.63, 3.8) is 0 Å². The van der Waals surface area contributed by atoms with Gasteiger partial charge in [-0.1, -0.05) is 281 Å². The molecule has 0 aromatic rings. The van der Waals surface area contributed by atoms with Crippen LogP contribution < -0.4 is 0 Å². The Hall–Kier alpha value is -5.09. The van der Waals surface area contributed by atoms with Gasteiger partial charge in [0.2, 0.25) is 0 Å². The summed E-state index contributed by atoms with van der Waals surface area (Å²) in [4.78, 5) is 58.7. The predicted molar refractivity (Wildman–Crippen MR) is 426 cm³/mol. The van der Waals surface area contributed by atoms with Gasteiger partial charge in [0.05, 0.1) is 26.4 Å². The molecule has 0 saturated heterocycles. The summed E-state index contributed by atoms with van der Waals surface area (Å²) in [7, 11) is -9.82. The number of carbonyl (C=O) groups is 3. The number of carbonyl (C=O) groups excluding carboxylic acids is 3. The van der Waals surface area contributed by atoms with Gasteiger partial charge in [-0.2, -0.15) is 0 Å². The summed E-state index contributed by atoms with van der Waals surface area (Å²) in [6, 6.07) is 0. The van der Waals surface area contributed by atoms with Gasteiger partial charge in [0.15, 0.2) is 6.10 Å². The molecule has 0 rings (SSSR count). The van der Waals surface area contributed by atoms with E-state index < -0.39 is 91.5 Å². The lowest BCUT2D eigenvalue weighted by Gasteiger charge is -2.21. The van der Waals surface area contributed by atoms with Crippen LogP contribution in [0.5, 0.6) is 0 Å². The topological polar surface area (TPSA) is 231 Å². The molecule has 4 N–H and O–H groups in total. The zero-order chi connectivity index (χ0) is 75.2. The van der Waals surface area contributed by atoms with E-state index in [4.69, 9.17) is 32.3 Å². The van der Waals surface area contributed by atoms with Crippen LogP contribution in [0.4, 0.5) is 0 Å². The average molecular weight is 1480 g/mol. The van der Waals surface area contributed by atoms with Gasteiger partial charge in [0.1, 0.15) is 25.4 Å². The Morgan fingerprint density at radius 2 is 0.515 bits per heavy atom. The van der Waals surface area contributed by atoms with E-state index in [2.05, 4.69) is 191 Å². The molecule has 0 heterocycles. The molecular weight excluding hydrogens is 1340 g/mol. The van der Waals surface area contributed by atoms with E-state index in [1.807, 2.05) is 0 Å². The van der Waals surface area contributed by atoms with E-state index in [1.165, 1.54) is 44.9 Å². The summed E-state index contributed by atoms with van der Waals surface area (Å²) in [6.45, 7) is 2.43. The number of hydrogen-bond acceptors (Lipinski definition) is 14. The summed E-state index contributed by atoms with van der Waals surface area (Å²) >= 11 is 0. The van der Waals surface area contributed by atoms with Crippen molar-refractivity contribution in [2.24, 2.45) is 0 Å². The molecule has 0 spiro atoms. The number of unbranched alkanes of at least 4 members (excludes halogenated alkanes) is 22. The van der Waals surface area contributed by atoms with Crippen LogP contribution in [0.2, 0.25) is 0 Å². The van der Waals surface area contributed by atoms with Crippen molar-refractivity contribution in [1.82, 2.24) is 0 Å². The van der Waals surface area contributed by atoms with E-state index in [0.717, 1.165) is 186 Å². The first-order chi connectivity index (χ1) is 50.2. The number of esters is 3. The maximum Gasteiger partial charge on any atom is 0.472 e. The Morgan fingerprint density at radius 1 is 0.282 bits per heavy atom. The number of rotatable bonds is 73. The van der Waals surface area contributed by atoms with Crippen molar-refractivity contribution in [1.29, 1.82) is 0 Å². The fourth-order valence-electron chi connectivity index (χ4n) is 9.89. The summed E-state index contributed by atoms with van der Waals surface area (Å²) in [6.07, 6.45) is 96.6. The van der Waals surface area contributed by atoms with E-state index >= 15 is 0 Å². The normalized spacial score (nSPS) is 14.9. The molecule has 0 aromatic carbocycles. The molecule has 0 aliphatic carbocycles. The van der Waals surface area contributed by atoms with E-state index in [1.54, 1.807) is 0 Å². The van der Waals surface area contributed by atoms with Gasteiger partial charge >= 0.3 is 33.6 Å². The SMILES string of the molecule is CC/C=C\C/C=C\C/C=C\C/C=C\C/C=C\C/C=C\CCCCCCC(=O)OCC(O)COP(=O)(O)OCC(O)COP(=O)(O)OCC(COC(=O)CCCCCCCCC/C=C\C/C=C\C/C=C\C/C=C\CCCCC)OC(=O)CCCCCCC/C=C\C/C=C\C/C=C\C/C=C\CCCCC. The molecule has 0 radical (unpaired) electrons. The quantitative estimate of drug-likeness (QED) is 0.0146. The van der Waals surface area contributed by atoms with Crippen LogP contribution >= 0.6 is 15.6 Å².